The van der Waals surface area contributed by atoms with E-state index in [-0.39, 0.29) is 0 Å². The number of non-ortho nitro benzene ring substituents is 1. The van der Waals surface area contributed by atoms with Gasteiger partial charge in [-0.25, -0.2) is 8.78 Å². The molecule has 1 unspecified atom stereocenters. The zero-order valence-corrected chi connectivity index (χ0v) is 13.0. The van der Waals surface area contributed by atoms with Crippen molar-refractivity contribution in [2.24, 2.45) is 0 Å². The first kappa shape index (κ1) is 17.8. The molecule has 8 heteroatoms. The fourth-order valence-electron chi connectivity index (χ4n) is 1.55. The van der Waals surface area contributed by atoms with Crippen LogP contribution in [-0.4, -0.2) is 14.2 Å². The van der Waals surface area contributed by atoms with Crippen molar-refractivity contribution in [1.82, 2.24) is 4.72 Å². The number of hydrogen-bond donors (Lipinski definition) is 1. The van der Waals surface area contributed by atoms with Crippen LogP contribution >= 0.6 is 0 Å². The molecule has 0 amide bonds. The predicted octanol–water partition coefficient (Wildman–Crippen LogP) is 3.65. The van der Waals surface area contributed by atoms with E-state index in [2.05, 4.69) is 4.72 Å². The minimum atomic E-state index is -2.80. The van der Waals surface area contributed by atoms with Crippen LogP contribution in [0.3, 0.4) is 0 Å². The minimum Gasteiger partial charge on any atom is -0.598 e. The van der Waals surface area contributed by atoms with E-state index >= 15 is 0 Å². The SMILES string of the molecule is CC(N[S@+]([O-])C(C)(C)C)c1cc(C(F)F)cc([N+](=O)[O-])c1. The summed E-state index contributed by atoms with van der Waals surface area (Å²) in [6.45, 7) is 6.92. The van der Waals surface area contributed by atoms with Crippen molar-refractivity contribution in [2.45, 2.75) is 44.9 Å². The van der Waals surface area contributed by atoms with Crippen LogP contribution in [-0.2, 0) is 11.4 Å². The molecule has 0 heterocycles. The Balaban J connectivity index is 3.08. The fraction of sp³-hybridized carbons (Fsp3) is 0.538. The number of nitrogens with one attached hydrogen (secondary N) is 1. The van der Waals surface area contributed by atoms with Crippen LogP contribution in [0, 0.1) is 10.1 Å². The Kier molecular flexibility index (Phi) is 5.66. The van der Waals surface area contributed by atoms with Gasteiger partial charge >= 0.3 is 0 Å². The Morgan fingerprint density at radius 2 is 1.76 bits per heavy atom. The zero-order valence-electron chi connectivity index (χ0n) is 12.2. The van der Waals surface area contributed by atoms with Crippen molar-refractivity contribution in [3.8, 4) is 0 Å². The summed E-state index contributed by atoms with van der Waals surface area (Å²) in [5.41, 5.74) is -0.524. The molecule has 0 radical (unpaired) electrons. The van der Waals surface area contributed by atoms with Crippen LogP contribution in [0.1, 0.15) is 51.3 Å². The second-order valence-electron chi connectivity index (χ2n) is 5.64. The molecule has 0 aromatic heterocycles. The lowest BCUT2D eigenvalue weighted by Gasteiger charge is -2.26. The number of nitrogens with zero attached hydrogens (tertiary/aromatic N) is 1. The highest BCUT2D eigenvalue weighted by Gasteiger charge is 2.29. The van der Waals surface area contributed by atoms with Crippen LogP contribution in [0.5, 0.6) is 0 Å². The molecule has 1 aromatic carbocycles. The molecule has 0 spiro atoms. The number of rotatable bonds is 5. The fourth-order valence-corrected chi connectivity index (χ4v) is 2.36. The molecule has 0 aliphatic rings. The molecule has 0 fully saturated rings. The third kappa shape index (κ3) is 4.90. The third-order valence-corrected chi connectivity index (χ3v) is 4.45. The first-order chi connectivity index (χ1) is 9.52. The quantitative estimate of drug-likeness (QED) is 0.510. The lowest BCUT2D eigenvalue weighted by atomic mass is 10.0. The van der Waals surface area contributed by atoms with Gasteiger partial charge in [-0.15, -0.1) is 4.72 Å². The largest absolute Gasteiger partial charge is 0.598 e. The first-order valence-corrected chi connectivity index (χ1v) is 7.43. The molecule has 5 nitrogen and oxygen atoms in total. The van der Waals surface area contributed by atoms with Crippen LogP contribution in [0.25, 0.3) is 0 Å². The maximum absolute atomic E-state index is 12.8. The van der Waals surface area contributed by atoms with E-state index in [1.807, 2.05) is 0 Å². The number of nitro benzene ring substituents is 1. The Hall–Kier alpha value is -1.25. The molecule has 0 aliphatic heterocycles. The number of hydrogen-bond acceptors (Lipinski definition) is 4. The molecule has 1 aromatic rings. The van der Waals surface area contributed by atoms with E-state index in [0.717, 1.165) is 6.07 Å². The lowest BCUT2D eigenvalue weighted by Crippen LogP contribution is -2.40. The van der Waals surface area contributed by atoms with Crippen molar-refractivity contribution < 1.29 is 18.3 Å². The van der Waals surface area contributed by atoms with Gasteiger partial charge in [0.25, 0.3) is 12.1 Å². The lowest BCUT2D eigenvalue weighted by molar-refractivity contribution is -0.385. The van der Waals surface area contributed by atoms with Gasteiger partial charge in [-0.05, 0) is 39.3 Å². The average Bonchev–Trinajstić information content (AvgIpc) is 2.36. The maximum atomic E-state index is 12.8. The van der Waals surface area contributed by atoms with Gasteiger partial charge in [0.05, 0.1) is 11.0 Å². The number of nitro groups is 1. The normalized spacial score (nSPS) is 15.0. The Labute approximate surface area is 125 Å². The molecule has 1 rings (SSSR count). The summed E-state index contributed by atoms with van der Waals surface area (Å²) in [5, 5.41) is 10.8. The topological polar surface area (TPSA) is 78.2 Å². The molecule has 0 bridgehead atoms. The van der Waals surface area contributed by atoms with E-state index in [4.69, 9.17) is 0 Å². The molecule has 2 atom stereocenters. The van der Waals surface area contributed by atoms with E-state index < -0.39 is 44.8 Å². The van der Waals surface area contributed by atoms with Crippen LogP contribution in [0.4, 0.5) is 14.5 Å². The summed E-state index contributed by atoms with van der Waals surface area (Å²) in [5.74, 6) is 0. The number of alkyl halides is 2. The second kappa shape index (κ2) is 6.67. The summed E-state index contributed by atoms with van der Waals surface area (Å²) in [4.78, 5) is 10.1. The van der Waals surface area contributed by atoms with Gasteiger partial charge in [0.2, 0.25) is 0 Å². The molecule has 0 aliphatic carbocycles. The van der Waals surface area contributed by atoms with Crippen LogP contribution in [0.2, 0.25) is 0 Å². The molecular formula is C13H18F2N2O3S. The summed E-state index contributed by atoms with van der Waals surface area (Å²) in [7, 11) is 0. The molecular weight excluding hydrogens is 302 g/mol. The molecule has 1 N–H and O–H groups in total. The Morgan fingerprint density at radius 1 is 1.24 bits per heavy atom. The molecule has 0 saturated carbocycles. The zero-order chi connectivity index (χ0) is 16.4. The van der Waals surface area contributed by atoms with Gasteiger partial charge in [-0.1, -0.05) is 0 Å². The van der Waals surface area contributed by atoms with Gasteiger partial charge in [0.1, 0.15) is 4.75 Å². The van der Waals surface area contributed by atoms with Gasteiger partial charge in [0, 0.05) is 29.1 Å². The maximum Gasteiger partial charge on any atom is 0.270 e. The summed E-state index contributed by atoms with van der Waals surface area (Å²) < 4.78 is 39.9. The van der Waals surface area contributed by atoms with Gasteiger partial charge in [-0.2, -0.15) is 0 Å². The predicted molar refractivity (Wildman–Crippen MR) is 77.5 cm³/mol. The highest BCUT2D eigenvalue weighted by atomic mass is 32.2. The van der Waals surface area contributed by atoms with Gasteiger partial charge in [-0.3, -0.25) is 10.1 Å². The molecule has 0 saturated heterocycles. The third-order valence-electron chi connectivity index (χ3n) is 2.77. The standard InChI is InChI=1S/C13H18F2N2O3S/c1-8(16-21(20)13(2,3)4)9-5-10(12(14)15)7-11(6-9)17(18)19/h5-8,12,16H,1-4H3/t8?,21-/m1/s1. The summed E-state index contributed by atoms with van der Waals surface area (Å²) >= 11 is -1.41. The van der Waals surface area contributed by atoms with E-state index in [0.29, 0.717) is 5.56 Å². The number of benzene rings is 1. The van der Waals surface area contributed by atoms with E-state index in [9.17, 15) is 23.4 Å². The highest BCUT2D eigenvalue weighted by molar-refractivity contribution is 7.90. The van der Waals surface area contributed by atoms with Crippen molar-refractivity contribution in [1.29, 1.82) is 0 Å². The summed E-state index contributed by atoms with van der Waals surface area (Å²) in [6, 6.07) is 2.70. The summed E-state index contributed by atoms with van der Waals surface area (Å²) in [6.07, 6.45) is -2.80. The molecule has 118 valence electrons. The van der Waals surface area contributed by atoms with Gasteiger partial charge in [0.15, 0.2) is 0 Å². The number of halogens is 2. The van der Waals surface area contributed by atoms with Crippen molar-refractivity contribution in [2.75, 3.05) is 0 Å². The van der Waals surface area contributed by atoms with E-state index in [1.54, 1.807) is 27.7 Å². The first-order valence-electron chi connectivity index (χ1n) is 6.28. The minimum absolute atomic E-state index is 0.303. The van der Waals surface area contributed by atoms with Gasteiger partial charge < -0.3 is 4.55 Å². The molecule has 21 heavy (non-hydrogen) atoms. The monoisotopic (exact) mass is 320 g/mol. The second-order valence-corrected chi connectivity index (χ2v) is 7.63. The smallest absolute Gasteiger partial charge is 0.270 e. The van der Waals surface area contributed by atoms with Crippen LogP contribution < -0.4 is 4.72 Å². The Bertz CT molecular complexity index is 521. The highest BCUT2D eigenvalue weighted by Crippen LogP contribution is 2.29. The average molecular weight is 320 g/mol. The van der Waals surface area contributed by atoms with Crippen molar-refractivity contribution >= 4 is 17.0 Å². The Morgan fingerprint density at radius 3 is 2.19 bits per heavy atom. The van der Waals surface area contributed by atoms with Crippen molar-refractivity contribution in [3.05, 3.63) is 39.4 Å². The van der Waals surface area contributed by atoms with E-state index in [1.165, 1.54) is 12.1 Å². The van der Waals surface area contributed by atoms with Crippen molar-refractivity contribution in [3.63, 3.8) is 0 Å². The van der Waals surface area contributed by atoms with Crippen LogP contribution in [0.15, 0.2) is 18.2 Å².